The van der Waals surface area contributed by atoms with Crippen molar-refractivity contribution >= 4 is 74.0 Å². The van der Waals surface area contributed by atoms with Crippen LogP contribution in [0.5, 0.6) is 0 Å². The summed E-state index contributed by atoms with van der Waals surface area (Å²) in [6.07, 6.45) is 0. The first kappa shape index (κ1) is 15.1. The maximum Gasteiger partial charge on any atom is 0.0532 e. The zero-order valence-electron chi connectivity index (χ0n) is 7.30. The maximum atomic E-state index is 4.32. The first-order valence-electron chi connectivity index (χ1n) is 3.98. The first-order chi connectivity index (χ1) is 6.20. The lowest BCUT2D eigenvalue weighted by atomic mass is 10.5. The van der Waals surface area contributed by atoms with Crippen molar-refractivity contribution < 1.29 is 0 Å². The molecule has 0 spiro atoms. The lowest BCUT2D eigenvalue weighted by Crippen LogP contribution is -2.11. The summed E-state index contributed by atoms with van der Waals surface area (Å²) in [4.78, 5) is 0. The van der Waals surface area contributed by atoms with Crippen LogP contribution < -0.4 is 0 Å². The van der Waals surface area contributed by atoms with E-state index in [9.17, 15) is 0 Å². The molecule has 0 aliphatic heterocycles. The highest BCUT2D eigenvalue weighted by molar-refractivity contribution is 8.06. The van der Waals surface area contributed by atoms with Crippen molar-refractivity contribution in [3.05, 3.63) is 0 Å². The summed E-state index contributed by atoms with van der Waals surface area (Å²) in [5.74, 6) is 5.15. The van der Waals surface area contributed by atoms with Gasteiger partial charge in [-0.2, -0.15) is 74.0 Å². The van der Waals surface area contributed by atoms with E-state index >= 15 is 0 Å². The zero-order chi connectivity index (χ0) is 10.1. The zero-order valence-corrected chi connectivity index (χ0v) is 12.5. The Labute approximate surface area is 112 Å². The number of thiol groups is 4. The number of hydrogen-bond donors (Lipinski definition) is 4. The SMILES string of the molecule is SCCSCC(CS)SCC(S)S. The first-order valence-corrected chi connectivity index (χ1v) is 8.48. The monoisotopic (exact) mass is 292 g/mol. The van der Waals surface area contributed by atoms with Gasteiger partial charge in [0.1, 0.15) is 0 Å². The summed E-state index contributed by atoms with van der Waals surface area (Å²) >= 11 is 20.8. The molecule has 0 heterocycles. The minimum absolute atomic E-state index is 0.183. The molecular weight excluding hydrogens is 276 g/mol. The van der Waals surface area contributed by atoms with E-state index in [2.05, 4.69) is 50.5 Å². The van der Waals surface area contributed by atoms with E-state index in [-0.39, 0.29) is 4.58 Å². The predicted octanol–water partition coefficient (Wildman–Crippen LogP) is 2.87. The Morgan fingerprint density at radius 1 is 1.08 bits per heavy atom. The molecule has 1 atom stereocenters. The third-order valence-electron chi connectivity index (χ3n) is 1.22. The van der Waals surface area contributed by atoms with Gasteiger partial charge < -0.3 is 0 Å². The number of rotatable bonds is 8. The van der Waals surface area contributed by atoms with E-state index in [0.717, 1.165) is 28.8 Å². The van der Waals surface area contributed by atoms with Crippen LogP contribution in [0.15, 0.2) is 0 Å². The van der Waals surface area contributed by atoms with Crippen LogP contribution in [0.4, 0.5) is 0 Å². The average Bonchev–Trinajstić information content (AvgIpc) is 2.10. The van der Waals surface area contributed by atoms with Gasteiger partial charge in [0.05, 0.1) is 4.58 Å². The van der Waals surface area contributed by atoms with Gasteiger partial charge in [0.2, 0.25) is 0 Å². The largest absolute Gasteiger partial charge is 0.179 e. The molecule has 6 heteroatoms. The lowest BCUT2D eigenvalue weighted by molar-refractivity contribution is 1.15. The molecule has 0 N–H and O–H groups in total. The van der Waals surface area contributed by atoms with Crippen LogP contribution in [0.3, 0.4) is 0 Å². The Bertz CT molecular complexity index is 107. The molecule has 0 rings (SSSR count). The van der Waals surface area contributed by atoms with Crippen LogP contribution in [-0.2, 0) is 0 Å². The molecule has 1 unspecified atom stereocenters. The van der Waals surface area contributed by atoms with Gasteiger partial charge in [0, 0.05) is 28.3 Å². The molecule has 0 aliphatic rings. The Morgan fingerprint density at radius 3 is 2.23 bits per heavy atom. The quantitative estimate of drug-likeness (QED) is 0.309. The topological polar surface area (TPSA) is 0 Å². The summed E-state index contributed by atoms with van der Waals surface area (Å²) in [7, 11) is 0. The van der Waals surface area contributed by atoms with Gasteiger partial charge in [-0.25, -0.2) is 0 Å². The van der Waals surface area contributed by atoms with Crippen LogP contribution in [0.25, 0.3) is 0 Å². The van der Waals surface area contributed by atoms with E-state index in [1.54, 1.807) is 0 Å². The van der Waals surface area contributed by atoms with E-state index in [0.29, 0.717) is 5.25 Å². The normalized spacial score (nSPS) is 13.6. The van der Waals surface area contributed by atoms with Crippen molar-refractivity contribution in [2.75, 3.05) is 28.8 Å². The molecule has 0 aliphatic carbocycles. The molecule has 0 fully saturated rings. The van der Waals surface area contributed by atoms with Crippen molar-refractivity contribution in [1.29, 1.82) is 0 Å². The predicted molar refractivity (Wildman–Crippen MR) is 83.0 cm³/mol. The third-order valence-corrected chi connectivity index (χ3v) is 5.97. The number of thioether (sulfide) groups is 2. The third kappa shape index (κ3) is 10.4. The fourth-order valence-corrected chi connectivity index (χ4v) is 4.08. The van der Waals surface area contributed by atoms with Crippen molar-refractivity contribution in [2.24, 2.45) is 0 Å². The van der Waals surface area contributed by atoms with Crippen molar-refractivity contribution in [1.82, 2.24) is 0 Å². The van der Waals surface area contributed by atoms with Gasteiger partial charge in [0.25, 0.3) is 0 Å². The molecule has 0 saturated carbocycles. The Morgan fingerprint density at radius 2 is 1.77 bits per heavy atom. The van der Waals surface area contributed by atoms with Crippen molar-refractivity contribution in [3.8, 4) is 0 Å². The summed E-state index contributed by atoms with van der Waals surface area (Å²) in [5, 5.41) is 0.620. The second-order valence-electron chi connectivity index (χ2n) is 2.42. The van der Waals surface area contributed by atoms with E-state index in [1.165, 1.54) is 0 Å². The van der Waals surface area contributed by atoms with Crippen LogP contribution in [0.1, 0.15) is 0 Å². The van der Waals surface area contributed by atoms with Gasteiger partial charge in [0.15, 0.2) is 0 Å². The van der Waals surface area contributed by atoms with Crippen molar-refractivity contribution in [2.45, 2.75) is 9.83 Å². The van der Waals surface area contributed by atoms with E-state index < -0.39 is 0 Å². The Kier molecular flexibility index (Phi) is 12.3. The smallest absolute Gasteiger partial charge is 0.0532 e. The molecule has 0 bridgehead atoms. The minimum atomic E-state index is 0.183. The highest BCUT2D eigenvalue weighted by atomic mass is 32.2. The van der Waals surface area contributed by atoms with Crippen LogP contribution in [0.2, 0.25) is 0 Å². The lowest BCUT2D eigenvalue weighted by Gasteiger charge is -2.14. The van der Waals surface area contributed by atoms with Gasteiger partial charge in [-0.1, -0.05) is 0 Å². The van der Waals surface area contributed by atoms with E-state index in [1.807, 2.05) is 23.5 Å². The summed E-state index contributed by atoms with van der Waals surface area (Å²) < 4.78 is 0.183. The molecule has 0 saturated heterocycles. The fourth-order valence-electron chi connectivity index (χ4n) is 0.655. The van der Waals surface area contributed by atoms with Crippen LogP contribution in [-0.4, -0.2) is 38.6 Å². The van der Waals surface area contributed by atoms with Gasteiger partial charge in [-0.15, -0.1) is 0 Å². The van der Waals surface area contributed by atoms with Crippen LogP contribution in [0, 0.1) is 0 Å². The van der Waals surface area contributed by atoms with Crippen molar-refractivity contribution in [3.63, 3.8) is 0 Å². The summed E-state index contributed by atoms with van der Waals surface area (Å²) in [5.41, 5.74) is 0. The highest BCUT2D eigenvalue weighted by Gasteiger charge is 2.08. The standard InChI is InChI=1S/C7H16S6/c8-1-2-12-4-6(3-9)13-5-7(10)11/h6-11H,1-5H2. The average molecular weight is 293 g/mol. The summed E-state index contributed by atoms with van der Waals surface area (Å²) in [6.45, 7) is 0. The molecular formula is C7H16S6. The molecule has 80 valence electrons. The van der Waals surface area contributed by atoms with Gasteiger partial charge >= 0.3 is 0 Å². The highest BCUT2D eigenvalue weighted by Crippen LogP contribution is 2.21. The molecule has 0 aromatic carbocycles. The molecule has 0 radical (unpaired) electrons. The van der Waals surface area contributed by atoms with Gasteiger partial charge in [-0.3, -0.25) is 0 Å². The minimum Gasteiger partial charge on any atom is -0.179 e. The van der Waals surface area contributed by atoms with Crippen LogP contribution >= 0.6 is 74.0 Å². The second kappa shape index (κ2) is 10.6. The molecule has 0 amide bonds. The maximum absolute atomic E-state index is 4.32. The molecule has 13 heavy (non-hydrogen) atoms. The Balaban J connectivity index is 3.39. The molecule has 0 aromatic heterocycles. The van der Waals surface area contributed by atoms with Gasteiger partial charge in [-0.05, 0) is 5.75 Å². The number of hydrogen-bond acceptors (Lipinski definition) is 6. The molecule has 0 aromatic rings. The fraction of sp³-hybridized carbons (Fsp3) is 1.00. The summed E-state index contributed by atoms with van der Waals surface area (Å²) in [6, 6.07) is 0. The van der Waals surface area contributed by atoms with E-state index in [4.69, 9.17) is 0 Å². The molecule has 0 nitrogen and oxygen atoms in total. The Hall–Kier alpha value is 2.10. The second-order valence-corrected chi connectivity index (χ2v) is 7.37.